The van der Waals surface area contributed by atoms with Crippen LogP contribution in [0.4, 0.5) is 0 Å². The van der Waals surface area contributed by atoms with Crippen LogP contribution in [-0.2, 0) is 4.84 Å². The van der Waals surface area contributed by atoms with E-state index in [9.17, 15) is 0 Å². The predicted molar refractivity (Wildman–Crippen MR) is 41.0 cm³/mol. The van der Waals surface area contributed by atoms with Gasteiger partial charge in [-0.3, -0.25) is 0 Å². The summed E-state index contributed by atoms with van der Waals surface area (Å²) in [5.41, 5.74) is 0. The molecule has 1 aliphatic heterocycles. The average Bonchev–Trinajstić information content (AvgIpc) is 2.67. The summed E-state index contributed by atoms with van der Waals surface area (Å²) in [7, 11) is 0. The Morgan fingerprint density at radius 3 is 2.70 bits per heavy atom. The lowest BCUT2D eigenvalue weighted by atomic mass is 10.6. The van der Waals surface area contributed by atoms with E-state index in [4.69, 9.17) is 4.84 Å². The third kappa shape index (κ3) is 1.61. The lowest BCUT2D eigenvalue weighted by Gasteiger charge is -2.11. The molecule has 2 heteroatoms. The van der Waals surface area contributed by atoms with Gasteiger partial charge >= 0.3 is 0 Å². The molecule has 0 aromatic rings. The van der Waals surface area contributed by atoms with E-state index in [1.807, 2.05) is 19.1 Å². The van der Waals surface area contributed by atoms with E-state index in [1.54, 1.807) is 6.26 Å². The number of quaternary nitrogens is 1. The molecule has 0 aromatic heterocycles. The van der Waals surface area contributed by atoms with E-state index in [-0.39, 0.29) is 0 Å². The van der Waals surface area contributed by atoms with Crippen molar-refractivity contribution in [2.75, 3.05) is 19.6 Å². The first-order valence-electron chi connectivity index (χ1n) is 3.59. The number of allylic oxidation sites excluding steroid dienone is 1. The first-order chi connectivity index (χ1) is 4.83. The highest BCUT2D eigenvalue weighted by Gasteiger charge is 2.44. The third-order valence-electron chi connectivity index (χ3n) is 1.60. The van der Waals surface area contributed by atoms with Crippen LogP contribution in [0, 0.1) is 0 Å². The smallest absolute Gasteiger partial charge is 0.171 e. The molecule has 0 saturated carbocycles. The fraction of sp³-hybridized carbons (Fsp3) is 0.500. The molecule has 1 rings (SSSR count). The first kappa shape index (κ1) is 7.35. The molecule has 0 atom stereocenters. The second kappa shape index (κ2) is 2.88. The molecule has 56 valence electrons. The average molecular weight is 140 g/mol. The van der Waals surface area contributed by atoms with Crippen LogP contribution in [0.5, 0.6) is 0 Å². The van der Waals surface area contributed by atoms with Gasteiger partial charge in [-0.05, 0) is 19.1 Å². The van der Waals surface area contributed by atoms with Crippen molar-refractivity contribution in [3.63, 3.8) is 0 Å². The van der Waals surface area contributed by atoms with Gasteiger partial charge in [0.05, 0.1) is 0 Å². The van der Waals surface area contributed by atoms with Crippen molar-refractivity contribution in [2.45, 2.75) is 6.92 Å². The van der Waals surface area contributed by atoms with E-state index in [0.29, 0.717) is 0 Å². The predicted octanol–water partition coefficient (Wildman–Crippen LogP) is 1.47. The van der Waals surface area contributed by atoms with E-state index < -0.39 is 0 Å². The van der Waals surface area contributed by atoms with Gasteiger partial charge in [-0.2, -0.15) is 0 Å². The summed E-state index contributed by atoms with van der Waals surface area (Å²) in [5, 5.41) is 0. The maximum atomic E-state index is 5.42. The van der Waals surface area contributed by atoms with Crippen molar-refractivity contribution in [3.05, 3.63) is 25.0 Å². The molecular weight excluding hydrogens is 126 g/mol. The minimum absolute atomic E-state index is 0.744. The molecule has 10 heavy (non-hydrogen) atoms. The van der Waals surface area contributed by atoms with Crippen molar-refractivity contribution in [2.24, 2.45) is 0 Å². The van der Waals surface area contributed by atoms with E-state index in [1.165, 1.54) is 0 Å². The second-order valence-electron chi connectivity index (χ2n) is 2.55. The van der Waals surface area contributed by atoms with Gasteiger partial charge in [0.1, 0.15) is 12.8 Å². The van der Waals surface area contributed by atoms with Crippen LogP contribution in [-0.4, -0.2) is 24.3 Å². The summed E-state index contributed by atoms with van der Waals surface area (Å²) in [4.78, 5) is 5.42. The zero-order valence-electron chi connectivity index (χ0n) is 6.42. The first-order valence-corrected chi connectivity index (χ1v) is 3.59. The zero-order chi connectivity index (χ0) is 7.45. The van der Waals surface area contributed by atoms with Gasteiger partial charge in [0.2, 0.25) is 0 Å². The van der Waals surface area contributed by atoms with Gasteiger partial charge in [-0.1, -0.05) is 6.58 Å². The highest BCUT2D eigenvalue weighted by atomic mass is 16.7. The van der Waals surface area contributed by atoms with Crippen LogP contribution in [0.3, 0.4) is 0 Å². The zero-order valence-corrected chi connectivity index (χ0v) is 6.42. The van der Waals surface area contributed by atoms with Gasteiger partial charge in [-0.25, -0.2) is 0 Å². The van der Waals surface area contributed by atoms with Crippen LogP contribution in [0.15, 0.2) is 25.0 Å². The number of hydrogen-bond donors (Lipinski definition) is 0. The maximum absolute atomic E-state index is 5.42. The van der Waals surface area contributed by atoms with Crippen LogP contribution >= 0.6 is 0 Å². The Hall–Kier alpha value is -0.760. The summed E-state index contributed by atoms with van der Waals surface area (Å²) in [5.74, 6) is 0. The number of hydrogen-bond acceptors (Lipinski definition) is 1. The van der Waals surface area contributed by atoms with Crippen molar-refractivity contribution in [1.29, 1.82) is 0 Å². The molecule has 0 aliphatic carbocycles. The maximum Gasteiger partial charge on any atom is 0.171 e. The molecule has 0 amide bonds. The van der Waals surface area contributed by atoms with Gasteiger partial charge < -0.3 is 4.84 Å². The van der Waals surface area contributed by atoms with E-state index in [2.05, 4.69) is 6.58 Å². The number of hydroxylamine groups is 3. The highest BCUT2D eigenvalue weighted by molar-refractivity contribution is 4.70. The Bertz CT molecular complexity index is 147. The van der Waals surface area contributed by atoms with Crippen molar-refractivity contribution < 1.29 is 9.48 Å². The molecule has 0 radical (unpaired) electrons. The highest BCUT2D eigenvalue weighted by Crippen LogP contribution is 2.21. The lowest BCUT2D eigenvalue weighted by Crippen LogP contribution is -2.23. The third-order valence-corrected chi connectivity index (χ3v) is 1.60. The Morgan fingerprint density at radius 2 is 2.30 bits per heavy atom. The minimum atomic E-state index is 0.744. The fourth-order valence-corrected chi connectivity index (χ4v) is 0.868. The lowest BCUT2D eigenvalue weighted by molar-refractivity contribution is -0.987. The molecule has 0 spiro atoms. The SMILES string of the molecule is C=CC[N+]1(OC=CC)CC1. The topological polar surface area (TPSA) is 9.23 Å². The molecule has 0 bridgehead atoms. The summed E-state index contributed by atoms with van der Waals surface area (Å²) in [6.45, 7) is 8.79. The molecule has 1 aliphatic rings. The van der Waals surface area contributed by atoms with Gasteiger partial charge in [0, 0.05) is 0 Å². The number of rotatable bonds is 4. The van der Waals surface area contributed by atoms with Crippen LogP contribution < -0.4 is 0 Å². The van der Waals surface area contributed by atoms with E-state index >= 15 is 0 Å². The van der Waals surface area contributed by atoms with Gasteiger partial charge in [-0.15, -0.1) is 4.65 Å². The summed E-state index contributed by atoms with van der Waals surface area (Å²) in [6.07, 6.45) is 5.55. The molecule has 0 N–H and O–H groups in total. The Balaban J connectivity index is 2.29. The van der Waals surface area contributed by atoms with Crippen LogP contribution in [0.2, 0.25) is 0 Å². The van der Waals surface area contributed by atoms with Crippen molar-refractivity contribution >= 4 is 0 Å². The van der Waals surface area contributed by atoms with Gasteiger partial charge in [0.15, 0.2) is 13.1 Å². The summed E-state index contributed by atoms with van der Waals surface area (Å²) >= 11 is 0. The largest absolute Gasteiger partial charge is 0.323 e. The van der Waals surface area contributed by atoms with Crippen LogP contribution in [0.1, 0.15) is 6.92 Å². The quantitative estimate of drug-likeness (QED) is 0.249. The molecule has 1 heterocycles. The summed E-state index contributed by atoms with van der Waals surface area (Å²) < 4.78 is 0.744. The Kier molecular flexibility index (Phi) is 2.12. The molecule has 2 nitrogen and oxygen atoms in total. The normalized spacial score (nSPS) is 20.9. The monoisotopic (exact) mass is 140 g/mol. The van der Waals surface area contributed by atoms with Crippen LogP contribution in [0.25, 0.3) is 0 Å². The minimum Gasteiger partial charge on any atom is -0.323 e. The molecular formula is C8H14NO+. The fourth-order valence-electron chi connectivity index (χ4n) is 0.868. The van der Waals surface area contributed by atoms with Crippen molar-refractivity contribution in [3.8, 4) is 0 Å². The number of nitrogens with zero attached hydrogens (tertiary/aromatic N) is 1. The second-order valence-corrected chi connectivity index (χ2v) is 2.55. The molecule has 0 aromatic carbocycles. The van der Waals surface area contributed by atoms with E-state index in [0.717, 1.165) is 24.3 Å². The summed E-state index contributed by atoms with van der Waals surface area (Å²) in [6, 6.07) is 0. The molecule has 1 saturated heterocycles. The molecule has 0 unspecified atom stereocenters. The van der Waals surface area contributed by atoms with Gasteiger partial charge in [0.25, 0.3) is 0 Å². The molecule has 1 fully saturated rings. The van der Waals surface area contributed by atoms with Crippen molar-refractivity contribution in [1.82, 2.24) is 0 Å². The standard InChI is InChI=1S/C8H14NO/c1-3-5-9(6-7-9)10-8-4-2/h3-4,8H,1,5-7H2,2H3/q+1. The Labute approximate surface area is 61.9 Å². The Morgan fingerprint density at radius 1 is 1.60 bits per heavy atom.